The van der Waals surface area contributed by atoms with Gasteiger partial charge in [-0.25, -0.2) is 4.98 Å². The van der Waals surface area contributed by atoms with E-state index in [1.54, 1.807) is 12.1 Å². The fraction of sp³-hybridized carbons (Fsp3) is 0.571. The maximum absolute atomic E-state index is 12.5. The van der Waals surface area contributed by atoms with Crippen LogP contribution in [0, 0.1) is 0 Å². The number of aromatic nitrogens is 1. The molecule has 1 unspecified atom stereocenters. The van der Waals surface area contributed by atoms with Crippen LogP contribution in [0.15, 0.2) is 12.1 Å². The summed E-state index contributed by atoms with van der Waals surface area (Å²) in [6, 6.07) is 3.72. The van der Waals surface area contributed by atoms with Crippen LogP contribution in [0.2, 0.25) is 5.15 Å². The minimum absolute atomic E-state index is 0.0515. The van der Waals surface area contributed by atoms with Gasteiger partial charge >= 0.3 is 0 Å². The third-order valence-electron chi connectivity index (χ3n) is 3.46. The van der Waals surface area contributed by atoms with E-state index in [1.807, 2.05) is 11.8 Å². The molecule has 1 aromatic rings. The summed E-state index contributed by atoms with van der Waals surface area (Å²) in [5.74, 6) is 0.707. The van der Waals surface area contributed by atoms with Crippen LogP contribution in [0.3, 0.4) is 0 Å². The van der Waals surface area contributed by atoms with Gasteiger partial charge in [0.15, 0.2) is 0 Å². The molecule has 2 heterocycles. The number of amides is 1. The molecule has 5 heteroatoms. The van der Waals surface area contributed by atoms with E-state index < -0.39 is 0 Å². The van der Waals surface area contributed by atoms with Gasteiger partial charge in [-0.1, -0.05) is 11.6 Å². The number of carbonyl (C=O) groups is 1. The molecule has 0 spiro atoms. The molecular weight excluding hydrogens is 262 g/mol. The van der Waals surface area contributed by atoms with Gasteiger partial charge in [0.2, 0.25) is 0 Å². The minimum Gasteiger partial charge on any atom is -0.370 e. The van der Waals surface area contributed by atoms with Crippen LogP contribution < -0.4 is 5.32 Å². The van der Waals surface area contributed by atoms with Crippen LogP contribution in [-0.2, 0) is 0 Å². The quantitative estimate of drug-likeness (QED) is 0.866. The maximum Gasteiger partial charge on any atom is 0.254 e. The molecular formula is C14H20ClN3O. The lowest BCUT2D eigenvalue weighted by atomic mass is 10.0. The number of rotatable bonds is 3. The Balaban J connectivity index is 2.22. The molecule has 0 radical (unpaired) electrons. The van der Waals surface area contributed by atoms with E-state index in [-0.39, 0.29) is 5.91 Å². The van der Waals surface area contributed by atoms with Gasteiger partial charge < -0.3 is 10.2 Å². The van der Waals surface area contributed by atoms with Gasteiger partial charge in [0.1, 0.15) is 11.0 Å². The van der Waals surface area contributed by atoms with Crippen LogP contribution >= 0.6 is 11.6 Å². The number of hydrogen-bond donors (Lipinski definition) is 1. The molecule has 1 N–H and O–H groups in total. The Morgan fingerprint density at radius 1 is 1.53 bits per heavy atom. The summed E-state index contributed by atoms with van der Waals surface area (Å²) < 4.78 is 0. The summed E-state index contributed by atoms with van der Waals surface area (Å²) in [5.41, 5.74) is 0.615. The lowest BCUT2D eigenvalue weighted by molar-refractivity contribution is 0.0635. The summed E-state index contributed by atoms with van der Waals surface area (Å²) in [5, 5.41) is 3.44. The maximum atomic E-state index is 12.5. The first-order chi connectivity index (χ1) is 9.11. The molecule has 2 rings (SSSR count). The molecule has 0 aromatic carbocycles. The van der Waals surface area contributed by atoms with Gasteiger partial charge in [0.25, 0.3) is 5.91 Å². The number of hydrogen-bond acceptors (Lipinski definition) is 3. The monoisotopic (exact) mass is 281 g/mol. The van der Waals surface area contributed by atoms with Gasteiger partial charge in [-0.2, -0.15) is 0 Å². The van der Waals surface area contributed by atoms with E-state index in [0.717, 1.165) is 25.9 Å². The van der Waals surface area contributed by atoms with Gasteiger partial charge in [0, 0.05) is 24.7 Å². The molecule has 19 heavy (non-hydrogen) atoms. The van der Waals surface area contributed by atoms with Crippen molar-refractivity contribution in [3.8, 4) is 0 Å². The smallest absolute Gasteiger partial charge is 0.254 e. The Hall–Kier alpha value is -1.29. The van der Waals surface area contributed by atoms with E-state index in [9.17, 15) is 4.79 Å². The lowest BCUT2D eigenvalue weighted by Gasteiger charge is -2.33. The van der Waals surface area contributed by atoms with E-state index >= 15 is 0 Å². The van der Waals surface area contributed by atoms with Crippen molar-refractivity contribution in [2.75, 3.05) is 18.4 Å². The lowest BCUT2D eigenvalue weighted by Crippen LogP contribution is -2.42. The molecule has 0 aliphatic carbocycles. The Morgan fingerprint density at radius 2 is 2.32 bits per heavy atom. The number of pyridine rings is 1. The number of nitrogens with one attached hydrogen (secondary N) is 1. The molecule has 1 amide bonds. The first-order valence-corrected chi connectivity index (χ1v) is 7.22. The largest absolute Gasteiger partial charge is 0.370 e. The summed E-state index contributed by atoms with van der Waals surface area (Å²) >= 11 is 5.98. The normalized spacial score (nSPS) is 19.3. The van der Waals surface area contributed by atoms with Crippen LogP contribution in [-0.4, -0.2) is 34.9 Å². The van der Waals surface area contributed by atoms with Crippen molar-refractivity contribution in [3.63, 3.8) is 0 Å². The Morgan fingerprint density at radius 3 is 3.00 bits per heavy atom. The average Bonchev–Trinajstić information content (AvgIpc) is 2.38. The van der Waals surface area contributed by atoms with Crippen LogP contribution in [0.1, 0.15) is 43.5 Å². The number of carbonyl (C=O) groups excluding carboxylic acids is 1. The zero-order valence-electron chi connectivity index (χ0n) is 11.4. The second-order valence-corrected chi connectivity index (χ2v) is 5.32. The van der Waals surface area contributed by atoms with Crippen molar-refractivity contribution in [2.45, 2.75) is 39.2 Å². The second kappa shape index (κ2) is 6.24. The summed E-state index contributed by atoms with van der Waals surface area (Å²) in [6.45, 7) is 5.67. The molecule has 4 nitrogen and oxygen atoms in total. The van der Waals surface area contributed by atoms with E-state index in [1.165, 1.54) is 6.42 Å². The number of likely N-dealkylation sites (tertiary alicyclic amines) is 1. The highest BCUT2D eigenvalue weighted by molar-refractivity contribution is 6.29. The van der Waals surface area contributed by atoms with E-state index in [0.29, 0.717) is 22.6 Å². The summed E-state index contributed by atoms with van der Waals surface area (Å²) in [7, 11) is 0. The molecule has 1 aromatic heterocycles. The number of halogens is 1. The van der Waals surface area contributed by atoms with Crippen molar-refractivity contribution >= 4 is 23.3 Å². The predicted octanol–water partition coefficient (Wildman–Crippen LogP) is 3.18. The van der Waals surface area contributed by atoms with Gasteiger partial charge in [0.05, 0.1) is 0 Å². The summed E-state index contributed by atoms with van der Waals surface area (Å²) in [4.78, 5) is 18.6. The van der Waals surface area contributed by atoms with E-state index in [2.05, 4.69) is 17.2 Å². The Kier molecular flexibility index (Phi) is 4.64. The highest BCUT2D eigenvalue weighted by Gasteiger charge is 2.24. The third kappa shape index (κ3) is 3.38. The van der Waals surface area contributed by atoms with Gasteiger partial charge in [-0.15, -0.1) is 0 Å². The Labute approximate surface area is 119 Å². The molecule has 104 valence electrons. The first kappa shape index (κ1) is 14.1. The molecule has 1 fully saturated rings. The fourth-order valence-electron chi connectivity index (χ4n) is 2.46. The zero-order chi connectivity index (χ0) is 13.8. The third-order valence-corrected chi connectivity index (χ3v) is 3.66. The Bertz CT molecular complexity index is 464. The number of piperidine rings is 1. The van der Waals surface area contributed by atoms with Crippen LogP contribution in [0.5, 0.6) is 0 Å². The zero-order valence-corrected chi connectivity index (χ0v) is 12.2. The van der Waals surface area contributed by atoms with Crippen LogP contribution in [0.25, 0.3) is 0 Å². The van der Waals surface area contributed by atoms with Gasteiger partial charge in [-0.3, -0.25) is 4.79 Å². The van der Waals surface area contributed by atoms with Crippen molar-refractivity contribution < 1.29 is 4.79 Å². The summed E-state index contributed by atoms with van der Waals surface area (Å²) in [6.07, 6.45) is 3.35. The van der Waals surface area contributed by atoms with Crippen molar-refractivity contribution in [3.05, 3.63) is 22.8 Å². The highest BCUT2D eigenvalue weighted by Crippen LogP contribution is 2.21. The van der Waals surface area contributed by atoms with Crippen molar-refractivity contribution in [1.29, 1.82) is 0 Å². The van der Waals surface area contributed by atoms with Crippen molar-refractivity contribution in [1.82, 2.24) is 9.88 Å². The topological polar surface area (TPSA) is 45.2 Å². The number of anilines is 1. The second-order valence-electron chi connectivity index (χ2n) is 4.94. The molecule has 1 aliphatic heterocycles. The number of nitrogens with zero attached hydrogens (tertiary/aromatic N) is 2. The molecule has 0 saturated carbocycles. The first-order valence-electron chi connectivity index (χ1n) is 6.84. The standard InChI is InChI=1S/C14H20ClN3O/c1-3-16-13-9-11(8-12(15)17-13)14(19)18-7-5-4-6-10(18)2/h8-10H,3-7H2,1-2H3,(H,16,17). The highest BCUT2D eigenvalue weighted by atomic mass is 35.5. The van der Waals surface area contributed by atoms with Crippen LogP contribution in [0.4, 0.5) is 5.82 Å². The average molecular weight is 282 g/mol. The van der Waals surface area contributed by atoms with E-state index in [4.69, 9.17) is 11.6 Å². The fourth-order valence-corrected chi connectivity index (χ4v) is 2.67. The molecule has 1 saturated heterocycles. The minimum atomic E-state index is 0.0515. The predicted molar refractivity (Wildman–Crippen MR) is 77.8 cm³/mol. The SMILES string of the molecule is CCNc1cc(C(=O)N2CCCCC2C)cc(Cl)n1. The molecule has 1 aliphatic rings. The van der Waals surface area contributed by atoms with Crippen molar-refractivity contribution in [2.24, 2.45) is 0 Å². The van der Waals surface area contributed by atoms with Gasteiger partial charge in [-0.05, 0) is 45.2 Å². The molecule has 1 atom stereocenters. The molecule has 0 bridgehead atoms.